The Morgan fingerprint density at radius 1 is 1.36 bits per heavy atom. The van der Waals surface area contributed by atoms with Crippen LogP contribution in [0, 0.1) is 0 Å². The highest BCUT2D eigenvalue weighted by Crippen LogP contribution is 2.24. The molecule has 14 heavy (non-hydrogen) atoms. The van der Waals surface area contributed by atoms with Crippen LogP contribution in [0.3, 0.4) is 0 Å². The molecule has 0 aliphatic carbocycles. The van der Waals surface area contributed by atoms with E-state index >= 15 is 0 Å². The van der Waals surface area contributed by atoms with E-state index in [1.54, 1.807) is 13.1 Å². The number of hydrogen-bond acceptors (Lipinski definition) is 4. The van der Waals surface area contributed by atoms with Crippen LogP contribution >= 0.6 is 0 Å². The molecule has 0 spiro atoms. The minimum atomic E-state index is -0.222. The van der Waals surface area contributed by atoms with Crippen molar-refractivity contribution in [3.05, 3.63) is 23.8 Å². The zero-order valence-electron chi connectivity index (χ0n) is 7.74. The van der Waals surface area contributed by atoms with Gasteiger partial charge in [0.2, 0.25) is 5.91 Å². The lowest BCUT2D eigenvalue weighted by Gasteiger charge is -2.04. The fraction of sp³-hybridized carbons (Fsp3) is 0.222. The largest absolute Gasteiger partial charge is 0.504 e. The van der Waals surface area contributed by atoms with E-state index < -0.39 is 0 Å². The standard InChI is InChI=1S/C9H12N2O3/c1-10-11-9(14)5-6-2-3-7(12)8(13)4-6/h2-4,10,12-13H,5H2,1H3,(H,11,14). The van der Waals surface area contributed by atoms with Gasteiger partial charge in [-0.3, -0.25) is 10.2 Å². The summed E-state index contributed by atoms with van der Waals surface area (Å²) in [5, 5.41) is 18.2. The minimum Gasteiger partial charge on any atom is -0.504 e. The molecule has 0 atom stereocenters. The van der Waals surface area contributed by atoms with Gasteiger partial charge in [-0.25, -0.2) is 5.43 Å². The molecule has 0 fully saturated rings. The van der Waals surface area contributed by atoms with Gasteiger partial charge in [-0.05, 0) is 17.7 Å². The van der Waals surface area contributed by atoms with Gasteiger partial charge in [0.05, 0.1) is 6.42 Å². The Labute approximate surface area is 81.3 Å². The molecule has 1 aromatic carbocycles. The summed E-state index contributed by atoms with van der Waals surface area (Å²) in [6.45, 7) is 0. The number of hydrogen-bond donors (Lipinski definition) is 4. The Morgan fingerprint density at radius 3 is 2.64 bits per heavy atom. The summed E-state index contributed by atoms with van der Waals surface area (Å²) >= 11 is 0. The van der Waals surface area contributed by atoms with Crippen LogP contribution in [0.5, 0.6) is 11.5 Å². The SMILES string of the molecule is CNNC(=O)Cc1ccc(O)c(O)c1. The van der Waals surface area contributed by atoms with E-state index in [0.29, 0.717) is 5.56 Å². The van der Waals surface area contributed by atoms with Crippen LogP contribution in [0.2, 0.25) is 0 Å². The molecule has 1 aromatic rings. The second kappa shape index (κ2) is 4.48. The molecule has 76 valence electrons. The molecule has 5 heteroatoms. The van der Waals surface area contributed by atoms with Crippen LogP contribution in [0.25, 0.3) is 0 Å². The van der Waals surface area contributed by atoms with Crippen molar-refractivity contribution in [2.24, 2.45) is 0 Å². The lowest BCUT2D eigenvalue weighted by atomic mass is 10.1. The zero-order valence-corrected chi connectivity index (χ0v) is 7.74. The molecule has 0 radical (unpaired) electrons. The highest BCUT2D eigenvalue weighted by Gasteiger charge is 2.04. The highest BCUT2D eigenvalue weighted by atomic mass is 16.3. The van der Waals surface area contributed by atoms with E-state index in [1.165, 1.54) is 12.1 Å². The average Bonchev–Trinajstić information content (AvgIpc) is 2.12. The van der Waals surface area contributed by atoms with Crippen molar-refractivity contribution < 1.29 is 15.0 Å². The van der Waals surface area contributed by atoms with Crippen LogP contribution in [-0.2, 0) is 11.2 Å². The maximum atomic E-state index is 11.1. The Kier molecular flexibility index (Phi) is 3.30. The molecule has 4 N–H and O–H groups in total. The number of carbonyl (C=O) groups is 1. The van der Waals surface area contributed by atoms with Gasteiger partial charge in [0.1, 0.15) is 0 Å². The first kappa shape index (κ1) is 10.3. The van der Waals surface area contributed by atoms with Gasteiger partial charge in [0, 0.05) is 7.05 Å². The Morgan fingerprint density at radius 2 is 2.07 bits per heavy atom. The van der Waals surface area contributed by atoms with Crippen LogP contribution < -0.4 is 10.9 Å². The van der Waals surface area contributed by atoms with Crippen molar-refractivity contribution in [2.45, 2.75) is 6.42 Å². The minimum absolute atomic E-state index is 0.147. The van der Waals surface area contributed by atoms with E-state index in [4.69, 9.17) is 10.2 Å². The van der Waals surface area contributed by atoms with Crippen molar-refractivity contribution >= 4 is 5.91 Å². The van der Waals surface area contributed by atoms with Gasteiger partial charge in [-0.1, -0.05) is 6.07 Å². The predicted molar refractivity (Wildman–Crippen MR) is 50.7 cm³/mol. The molecule has 0 aliphatic heterocycles. The molecule has 1 rings (SSSR count). The van der Waals surface area contributed by atoms with Gasteiger partial charge in [-0.15, -0.1) is 0 Å². The smallest absolute Gasteiger partial charge is 0.238 e. The first-order chi connectivity index (χ1) is 6.63. The first-order valence-corrected chi connectivity index (χ1v) is 4.10. The fourth-order valence-electron chi connectivity index (χ4n) is 1.05. The van der Waals surface area contributed by atoms with Gasteiger partial charge in [-0.2, -0.15) is 0 Å². The summed E-state index contributed by atoms with van der Waals surface area (Å²) in [4.78, 5) is 11.1. The summed E-state index contributed by atoms with van der Waals surface area (Å²) in [6, 6.07) is 4.27. The Bertz CT molecular complexity index is 339. The molecule has 5 nitrogen and oxygen atoms in total. The summed E-state index contributed by atoms with van der Waals surface area (Å²) < 4.78 is 0. The number of phenolic OH excluding ortho intramolecular Hbond substituents is 2. The Balaban J connectivity index is 2.68. The van der Waals surface area contributed by atoms with Gasteiger partial charge >= 0.3 is 0 Å². The number of hydrazine groups is 1. The molecule has 0 aromatic heterocycles. The first-order valence-electron chi connectivity index (χ1n) is 4.10. The predicted octanol–water partition coefficient (Wildman–Crippen LogP) is -0.109. The lowest BCUT2D eigenvalue weighted by molar-refractivity contribution is -0.121. The maximum absolute atomic E-state index is 11.1. The fourth-order valence-corrected chi connectivity index (χ4v) is 1.05. The molecule has 0 saturated carbocycles. The van der Waals surface area contributed by atoms with Crippen LogP contribution in [0.4, 0.5) is 0 Å². The molecular weight excluding hydrogens is 184 g/mol. The number of aromatic hydroxyl groups is 2. The normalized spacial score (nSPS) is 9.79. The van der Waals surface area contributed by atoms with E-state index in [1.807, 2.05) is 0 Å². The topological polar surface area (TPSA) is 81.6 Å². The van der Waals surface area contributed by atoms with E-state index in [0.717, 1.165) is 0 Å². The molecule has 0 saturated heterocycles. The molecule has 0 unspecified atom stereocenters. The van der Waals surface area contributed by atoms with Crippen LogP contribution in [0.1, 0.15) is 5.56 Å². The number of amides is 1. The quantitative estimate of drug-likeness (QED) is 0.401. The number of nitrogens with one attached hydrogen (secondary N) is 2. The lowest BCUT2D eigenvalue weighted by Crippen LogP contribution is -2.35. The third-order valence-corrected chi connectivity index (χ3v) is 1.67. The number of benzene rings is 1. The van der Waals surface area contributed by atoms with Gasteiger partial charge in [0.15, 0.2) is 11.5 Å². The van der Waals surface area contributed by atoms with Crippen LogP contribution in [-0.4, -0.2) is 23.2 Å². The second-order valence-corrected chi connectivity index (χ2v) is 2.80. The maximum Gasteiger partial charge on any atom is 0.238 e. The highest BCUT2D eigenvalue weighted by molar-refractivity contribution is 5.78. The number of phenols is 2. The third-order valence-electron chi connectivity index (χ3n) is 1.67. The number of rotatable bonds is 3. The monoisotopic (exact) mass is 196 g/mol. The zero-order chi connectivity index (χ0) is 10.6. The van der Waals surface area contributed by atoms with Crippen molar-refractivity contribution in [1.82, 2.24) is 10.9 Å². The summed E-state index contributed by atoms with van der Waals surface area (Å²) in [6.07, 6.45) is 0.147. The van der Waals surface area contributed by atoms with Gasteiger partial charge < -0.3 is 10.2 Å². The summed E-state index contributed by atoms with van der Waals surface area (Å²) in [5.74, 6) is -0.625. The third kappa shape index (κ3) is 2.63. The molecule has 0 heterocycles. The average molecular weight is 196 g/mol. The van der Waals surface area contributed by atoms with E-state index in [9.17, 15) is 4.79 Å². The Hall–Kier alpha value is -1.75. The summed E-state index contributed by atoms with van der Waals surface area (Å²) in [5.41, 5.74) is 5.53. The van der Waals surface area contributed by atoms with E-state index in [-0.39, 0.29) is 23.8 Å². The molecule has 0 aliphatic rings. The van der Waals surface area contributed by atoms with Crippen molar-refractivity contribution in [3.63, 3.8) is 0 Å². The van der Waals surface area contributed by atoms with Crippen molar-refractivity contribution in [1.29, 1.82) is 0 Å². The summed E-state index contributed by atoms with van der Waals surface area (Å²) in [7, 11) is 1.59. The van der Waals surface area contributed by atoms with Crippen molar-refractivity contribution in [2.75, 3.05) is 7.05 Å². The molecular formula is C9H12N2O3. The molecule has 0 bridgehead atoms. The van der Waals surface area contributed by atoms with Crippen molar-refractivity contribution in [3.8, 4) is 11.5 Å². The van der Waals surface area contributed by atoms with Gasteiger partial charge in [0.25, 0.3) is 0 Å². The second-order valence-electron chi connectivity index (χ2n) is 2.80. The number of carbonyl (C=O) groups excluding carboxylic acids is 1. The van der Waals surface area contributed by atoms with Crippen LogP contribution in [0.15, 0.2) is 18.2 Å². The molecule has 1 amide bonds. The van der Waals surface area contributed by atoms with E-state index in [2.05, 4.69) is 10.9 Å².